The SMILES string of the molecule is CCc1ccccc1NC(=O)c1cc2c(s1)CN(C1CC1)C2. The van der Waals surface area contributed by atoms with Gasteiger partial charge in [-0.25, -0.2) is 0 Å². The Morgan fingerprint density at radius 1 is 1.32 bits per heavy atom. The summed E-state index contributed by atoms with van der Waals surface area (Å²) in [6.07, 6.45) is 3.61. The average Bonchev–Trinajstić information content (AvgIpc) is 3.18. The number of para-hydroxylation sites is 1. The molecule has 1 fully saturated rings. The van der Waals surface area contributed by atoms with Crippen molar-refractivity contribution in [2.45, 2.75) is 45.3 Å². The predicted molar refractivity (Wildman–Crippen MR) is 90.4 cm³/mol. The van der Waals surface area contributed by atoms with Gasteiger partial charge in [0, 0.05) is 29.7 Å². The third kappa shape index (κ3) is 2.57. The summed E-state index contributed by atoms with van der Waals surface area (Å²) in [6.45, 7) is 4.16. The van der Waals surface area contributed by atoms with Crippen LogP contribution in [-0.2, 0) is 19.5 Å². The monoisotopic (exact) mass is 312 g/mol. The van der Waals surface area contributed by atoms with Gasteiger partial charge in [-0.15, -0.1) is 11.3 Å². The summed E-state index contributed by atoms with van der Waals surface area (Å²) in [5.41, 5.74) is 3.47. The van der Waals surface area contributed by atoms with Crippen LogP contribution in [0.4, 0.5) is 5.69 Å². The summed E-state index contributed by atoms with van der Waals surface area (Å²) in [4.78, 5) is 17.3. The van der Waals surface area contributed by atoms with Crippen molar-refractivity contribution in [3.05, 3.63) is 51.2 Å². The molecule has 0 spiro atoms. The molecule has 2 aliphatic rings. The second kappa shape index (κ2) is 5.52. The fourth-order valence-electron chi connectivity index (χ4n) is 3.14. The molecule has 1 saturated carbocycles. The van der Waals surface area contributed by atoms with Gasteiger partial charge in [0.05, 0.1) is 4.88 Å². The van der Waals surface area contributed by atoms with Crippen molar-refractivity contribution in [1.82, 2.24) is 4.90 Å². The number of carbonyl (C=O) groups is 1. The van der Waals surface area contributed by atoms with Gasteiger partial charge in [-0.05, 0) is 42.5 Å². The molecule has 1 amide bonds. The van der Waals surface area contributed by atoms with Gasteiger partial charge >= 0.3 is 0 Å². The van der Waals surface area contributed by atoms with Gasteiger partial charge in [-0.1, -0.05) is 25.1 Å². The Balaban J connectivity index is 1.49. The van der Waals surface area contributed by atoms with Crippen molar-refractivity contribution in [3.8, 4) is 0 Å². The molecule has 22 heavy (non-hydrogen) atoms. The molecule has 1 aromatic carbocycles. The fourth-order valence-corrected chi connectivity index (χ4v) is 4.23. The van der Waals surface area contributed by atoms with E-state index in [-0.39, 0.29) is 5.91 Å². The third-order valence-corrected chi connectivity index (χ3v) is 5.71. The van der Waals surface area contributed by atoms with Gasteiger partial charge < -0.3 is 5.32 Å². The molecular formula is C18H20N2OS. The number of amides is 1. The fraction of sp³-hybridized carbons (Fsp3) is 0.389. The highest BCUT2D eigenvalue weighted by Gasteiger charge is 2.34. The van der Waals surface area contributed by atoms with Crippen molar-refractivity contribution < 1.29 is 4.79 Å². The summed E-state index contributed by atoms with van der Waals surface area (Å²) in [5, 5.41) is 3.07. The van der Waals surface area contributed by atoms with E-state index in [1.165, 1.54) is 28.8 Å². The number of benzene rings is 1. The maximum absolute atomic E-state index is 12.5. The summed E-state index contributed by atoms with van der Waals surface area (Å²) in [7, 11) is 0. The van der Waals surface area contributed by atoms with Crippen LogP contribution < -0.4 is 5.32 Å². The van der Waals surface area contributed by atoms with E-state index in [9.17, 15) is 4.79 Å². The van der Waals surface area contributed by atoms with Crippen molar-refractivity contribution in [3.63, 3.8) is 0 Å². The number of rotatable bonds is 4. The number of hydrogen-bond donors (Lipinski definition) is 1. The molecule has 2 heterocycles. The van der Waals surface area contributed by atoms with Gasteiger partial charge in [-0.2, -0.15) is 0 Å². The zero-order valence-corrected chi connectivity index (χ0v) is 13.6. The first-order chi connectivity index (χ1) is 10.7. The lowest BCUT2D eigenvalue weighted by Crippen LogP contribution is -2.18. The Bertz CT molecular complexity index is 694. The van der Waals surface area contributed by atoms with Crippen LogP contribution in [0.1, 0.15) is 45.4 Å². The van der Waals surface area contributed by atoms with Crippen LogP contribution in [0, 0.1) is 0 Å². The van der Waals surface area contributed by atoms with E-state index >= 15 is 0 Å². The van der Waals surface area contributed by atoms with E-state index in [1.807, 2.05) is 18.2 Å². The smallest absolute Gasteiger partial charge is 0.265 e. The lowest BCUT2D eigenvalue weighted by Gasteiger charge is -2.13. The van der Waals surface area contributed by atoms with Crippen molar-refractivity contribution in [2.75, 3.05) is 5.32 Å². The first-order valence-electron chi connectivity index (χ1n) is 7.99. The molecule has 1 aromatic heterocycles. The van der Waals surface area contributed by atoms with Crippen molar-refractivity contribution in [2.24, 2.45) is 0 Å². The zero-order valence-electron chi connectivity index (χ0n) is 12.8. The Morgan fingerprint density at radius 3 is 2.86 bits per heavy atom. The summed E-state index contributed by atoms with van der Waals surface area (Å²) in [6, 6.07) is 10.9. The van der Waals surface area contributed by atoms with Gasteiger partial charge in [0.1, 0.15) is 0 Å². The lowest BCUT2D eigenvalue weighted by molar-refractivity contribution is 0.103. The molecule has 4 rings (SSSR count). The maximum Gasteiger partial charge on any atom is 0.265 e. The Labute approximate surface area is 135 Å². The second-order valence-electron chi connectivity index (χ2n) is 6.16. The minimum atomic E-state index is 0.0262. The molecule has 1 N–H and O–H groups in total. The molecule has 0 saturated heterocycles. The maximum atomic E-state index is 12.5. The molecule has 0 unspecified atom stereocenters. The van der Waals surface area contributed by atoms with Crippen LogP contribution in [0.2, 0.25) is 0 Å². The van der Waals surface area contributed by atoms with Crippen molar-refractivity contribution in [1.29, 1.82) is 0 Å². The highest BCUT2D eigenvalue weighted by molar-refractivity contribution is 7.14. The zero-order chi connectivity index (χ0) is 15.1. The molecule has 0 bridgehead atoms. The first kappa shape index (κ1) is 14.0. The average molecular weight is 312 g/mol. The Morgan fingerprint density at radius 2 is 2.14 bits per heavy atom. The topological polar surface area (TPSA) is 32.3 Å². The van der Waals surface area contributed by atoms with E-state index in [2.05, 4.69) is 29.3 Å². The van der Waals surface area contributed by atoms with Crippen LogP contribution in [0.25, 0.3) is 0 Å². The number of thiophene rings is 1. The van der Waals surface area contributed by atoms with Crippen LogP contribution in [0.5, 0.6) is 0 Å². The van der Waals surface area contributed by atoms with Gasteiger partial charge in [-0.3, -0.25) is 9.69 Å². The van der Waals surface area contributed by atoms with E-state index in [1.54, 1.807) is 11.3 Å². The summed E-state index contributed by atoms with van der Waals surface area (Å²) < 4.78 is 0. The summed E-state index contributed by atoms with van der Waals surface area (Å²) in [5.74, 6) is 0.0262. The van der Waals surface area contributed by atoms with Crippen LogP contribution >= 0.6 is 11.3 Å². The van der Waals surface area contributed by atoms with E-state index in [0.717, 1.165) is 36.1 Å². The Hall–Kier alpha value is -1.65. The molecule has 4 heteroatoms. The number of aryl methyl sites for hydroxylation is 1. The molecule has 114 valence electrons. The number of hydrogen-bond acceptors (Lipinski definition) is 3. The summed E-state index contributed by atoms with van der Waals surface area (Å²) >= 11 is 1.66. The quantitative estimate of drug-likeness (QED) is 0.924. The molecular weight excluding hydrogens is 292 g/mol. The highest BCUT2D eigenvalue weighted by Crippen LogP contribution is 2.38. The van der Waals surface area contributed by atoms with E-state index < -0.39 is 0 Å². The van der Waals surface area contributed by atoms with Crippen molar-refractivity contribution >= 4 is 22.9 Å². The second-order valence-corrected chi connectivity index (χ2v) is 7.30. The van der Waals surface area contributed by atoms with Gasteiger partial charge in [0.2, 0.25) is 0 Å². The van der Waals surface area contributed by atoms with Gasteiger partial charge in [0.25, 0.3) is 5.91 Å². The molecule has 3 nitrogen and oxygen atoms in total. The number of anilines is 1. The van der Waals surface area contributed by atoms with E-state index in [4.69, 9.17) is 0 Å². The third-order valence-electron chi connectivity index (χ3n) is 4.55. The number of nitrogens with one attached hydrogen (secondary N) is 1. The molecule has 1 aliphatic carbocycles. The lowest BCUT2D eigenvalue weighted by atomic mass is 10.1. The molecule has 0 atom stereocenters. The minimum absolute atomic E-state index is 0.0262. The minimum Gasteiger partial charge on any atom is -0.321 e. The molecule has 0 radical (unpaired) electrons. The van der Waals surface area contributed by atoms with Gasteiger partial charge in [0.15, 0.2) is 0 Å². The molecule has 1 aliphatic heterocycles. The predicted octanol–water partition coefficient (Wildman–Crippen LogP) is 4.04. The highest BCUT2D eigenvalue weighted by atomic mass is 32.1. The number of carbonyl (C=O) groups excluding carboxylic acids is 1. The number of fused-ring (bicyclic) bond motifs is 1. The largest absolute Gasteiger partial charge is 0.321 e. The molecule has 2 aromatic rings. The van der Waals surface area contributed by atoms with E-state index in [0.29, 0.717) is 0 Å². The Kier molecular flexibility index (Phi) is 3.51. The number of nitrogens with zero attached hydrogens (tertiary/aromatic N) is 1. The normalized spacial score (nSPS) is 17.5. The van der Waals surface area contributed by atoms with Crippen LogP contribution in [0.3, 0.4) is 0 Å². The standard InChI is InChI=1S/C18H20N2OS/c1-2-12-5-3-4-6-15(12)19-18(21)16-9-13-10-20(14-7-8-14)11-17(13)22-16/h3-6,9,14H,2,7-8,10-11H2,1H3,(H,19,21). The van der Waals surface area contributed by atoms with Crippen LogP contribution in [-0.4, -0.2) is 16.8 Å². The first-order valence-corrected chi connectivity index (χ1v) is 8.81. The van der Waals surface area contributed by atoms with Crippen LogP contribution in [0.15, 0.2) is 30.3 Å².